The highest BCUT2D eigenvalue weighted by Gasteiger charge is 2.28. The number of benzene rings is 2. The first-order chi connectivity index (χ1) is 16.6. The third-order valence-corrected chi connectivity index (χ3v) is 7.20. The molecule has 2 aromatic heterocycles. The van der Waals surface area contributed by atoms with Crippen molar-refractivity contribution in [3.8, 4) is 11.5 Å². The number of allylic oxidation sites excluding steroid dienone is 1. The molecule has 170 valence electrons. The second-order valence-electron chi connectivity index (χ2n) is 8.62. The normalized spacial score (nSPS) is 15.2. The Balaban J connectivity index is 1.42. The molecular weight excluding hydrogens is 446 g/mol. The molecule has 0 N–H and O–H groups in total. The van der Waals surface area contributed by atoms with Gasteiger partial charge in [-0.2, -0.15) is 0 Å². The maximum absolute atomic E-state index is 13.8. The number of carbonyl (C=O) groups excluding carboxylic acids is 1. The Hall–Kier alpha value is -3.71. The van der Waals surface area contributed by atoms with E-state index in [1.165, 1.54) is 0 Å². The topological polar surface area (TPSA) is 64.6 Å². The molecule has 0 atom stereocenters. The summed E-state index contributed by atoms with van der Waals surface area (Å²) in [6.45, 7) is 2.77. The van der Waals surface area contributed by atoms with Gasteiger partial charge in [-0.3, -0.25) is 4.79 Å². The predicted molar refractivity (Wildman–Crippen MR) is 133 cm³/mol. The Morgan fingerprint density at radius 1 is 1.15 bits per heavy atom. The number of hydrogen-bond acceptors (Lipinski definition) is 6. The summed E-state index contributed by atoms with van der Waals surface area (Å²) in [4.78, 5) is 25.9. The summed E-state index contributed by atoms with van der Waals surface area (Å²) in [6.07, 6.45) is 5.63. The van der Waals surface area contributed by atoms with Crippen molar-refractivity contribution in [3.05, 3.63) is 80.9 Å². The highest BCUT2D eigenvalue weighted by molar-refractivity contribution is 7.11. The number of aryl methyl sites for hydroxylation is 1. The molecule has 0 fully saturated rings. The van der Waals surface area contributed by atoms with E-state index in [1.807, 2.05) is 62.6 Å². The summed E-state index contributed by atoms with van der Waals surface area (Å²) in [6, 6.07) is 13.9. The van der Waals surface area contributed by atoms with Gasteiger partial charge in [-0.25, -0.2) is 9.97 Å². The van der Waals surface area contributed by atoms with Crippen LogP contribution in [0.2, 0.25) is 0 Å². The van der Waals surface area contributed by atoms with Gasteiger partial charge >= 0.3 is 0 Å². The molecule has 2 aliphatic rings. The number of rotatable bonds is 4. The van der Waals surface area contributed by atoms with Gasteiger partial charge in [-0.1, -0.05) is 24.3 Å². The number of amides is 1. The molecular formula is C27H23N3O3S. The summed E-state index contributed by atoms with van der Waals surface area (Å²) in [5.74, 6) is 1.55. The van der Waals surface area contributed by atoms with Crippen LogP contribution in [0.3, 0.4) is 0 Å². The quantitative estimate of drug-likeness (QED) is 0.396. The van der Waals surface area contributed by atoms with Crippen molar-refractivity contribution in [2.75, 3.05) is 13.8 Å². The number of para-hydroxylation sites is 1. The minimum atomic E-state index is 0.0187. The van der Waals surface area contributed by atoms with Gasteiger partial charge in [0.1, 0.15) is 0 Å². The molecule has 7 heteroatoms. The third-order valence-electron chi connectivity index (χ3n) is 6.30. The van der Waals surface area contributed by atoms with Gasteiger partial charge in [0.05, 0.1) is 28.3 Å². The highest BCUT2D eigenvalue weighted by Crippen LogP contribution is 2.39. The van der Waals surface area contributed by atoms with Gasteiger partial charge < -0.3 is 14.4 Å². The first-order valence-electron chi connectivity index (χ1n) is 11.3. The molecule has 6 rings (SSSR count). The summed E-state index contributed by atoms with van der Waals surface area (Å²) >= 11 is 1.62. The molecule has 2 aromatic carbocycles. The van der Waals surface area contributed by atoms with E-state index >= 15 is 0 Å². The van der Waals surface area contributed by atoms with E-state index in [2.05, 4.69) is 11.1 Å². The standard InChI is InChI=1S/C27H23N3O3S/c1-16-28-13-19(34-16)14-30(2)27(31)25-20-5-3-4-6-22(20)29-26-18(8-9-21(25)26)11-17-7-10-23-24(12-17)33-15-32-23/h3-7,10-13H,8-9,14-15H2,1-2H3/b18-11-. The van der Waals surface area contributed by atoms with Gasteiger partial charge in [-0.15, -0.1) is 11.3 Å². The van der Waals surface area contributed by atoms with Crippen LogP contribution in [0.15, 0.2) is 48.7 Å². The average Bonchev–Trinajstić information content (AvgIpc) is 3.57. The molecule has 0 bridgehead atoms. The average molecular weight is 470 g/mol. The van der Waals surface area contributed by atoms with Crippen molar-refractivity contribution in [3.63, 3.8) is 0 Å². The third kappa shape index (κ3) is 3.62. The van der Waals surface area contributed by atoms with Crippen LogP contribution in [0.1, 0.15) is 43.5 Å². The van der Waals surface area contributed by atoms with Crippen molar-refractivity contribution in [1.82, 2.24) is 14.9 Å². The Kier molecular flexibility index (Phi) is 5.07. The number of fused-ring (bicyclic) bond motifs is 3. The van der Waals surface area contributed by atoms with Crippen LogP contribution in [0.5, 0.6) is 11.5 Å². The zero-order valence-corrected chi connectivity index (χ0v) is 19.8. The number of pyridine rings is 1. The van der Waals surface area contributed by atoms with Gasteiger partial charge in [0.2, 0.25) is 6.79 Å². The van der Waals surface area contributed by atoms with Crippen molar-refractivity contribution in [2.45, 2.75) is 26.3 Å². The number of nitrogens with zero attached hydrogens (tertiary/aromatic N) is 3. The van der Waals surface area contributed by atoms with Gasteiger partial charge in [0, 0.05) is 23.5 Å². The lowest BCUT2D eigenvalue weighted by Crippen LogP contribution is -2.27. The highest BCUT2D eigenvalue weighted by atomic mass is 32.1. The lowest BCUT2D eigenvalue weighted by molar-refractivity contribution is 0.0787. The monoisotopic (exact) mass is 469 g/mol. The lowest BCUT2D eigenvalue weighted by Gasteiger charge is -2.19. The molecule has 0 radical (unpaired) electrons. The van der Waals surface area contributed by atoms with Crippen molar-refractivity contribution in [2.24, 2.45) is 0 Å². The van der Waals surface area contributed by atoms with Gasteiger partial charge in [0.25, 0.3) is 5.91 Å². The lowest BCUT2D eigenvalue weighted by atomic mass is 9.99. The minimum absolute atomic E-state index is 0.0187. The van der Waals surface area contributed by atoms with E-state index in [1.54, 1.807) is 16.2 Å². The van der Waals surface area contributed by atoms with Crippen molar-refractivity contribution < 1.29 is 14.3 Å². The van der Waals surface area contributed by atoms with E-state index in [9.17, 15) is 4.79 Å². The van der Waals surface area contributed by atoms with Crippen LogP contribution in [0.4, 0.5) is 0 Å². The smallest absolute Gasteiger partial charge is 0.254 e. The zero-order chi connectivity index (χ0) is 23.2. The number of ether oxygens (including phenoxy) is 2. The second kappa shape index (κ2) is 8.25. The summed E-state index contributed by atoms with van der Waals surface area (Å²) in [5, 5.41) is 1.91. The first kappa shape index (κ1) is 20.9. The summed E-state index contributed by atoms with van der Waals surface area (Å²) in [5.41, 5.74) is 5.72. The number of thiazole rings is 1. The number of aromatic nitrogens is 2. The van der Waals surface area contributed by atoms with Crippen LogP contribution in [-0.4, -0.2) is 34.6 Å². The zero-order valence-electron chi connectivity index (χ0n) is 19.0. The van der Waals surface area contributed by atoms with Crippen LogP contribution >= 0.6 is 11.3 Å². The fraction of sp³-hybridized carbons (Fsp3) is 0.222. The van der Waals surface area contributed by atoms with Crippen LogP contribution in [0, 0.1) is 6.92 Å². The summed E-state index contributed by atoms with van der Waals surface area (Å²) < 4.78 is 11.0. The van der Waals surface area contributed by atoms with Gasteiger partial charge in [-0.05, 0) is 60.7 Å². The SMILES string of the molecule is Cc1ncc(CN(C)C(=O)c2c3c(nc4ccccc24)/C(=C\c2ccc4c(c2)OCO4)CC3)s1. The van der Waals surface area contributed by atoms with Crippen LogP contribution in [-0.2, 0) is 13.0 Å². The van der Waals surface area contributed by atoms with Crippen molar-refractivity contribution in [1.29, 1.82) is 0 Å². The Morgan fingerprint density at radius 2 is 2.00 bits per heavy atom. The molecule has 3 heterocycles. The minimum Gasteiger partial charge on any atom is -0.454 e. The van der Waals surface area contributed by atoms with Gasteiger partial charge in [0.15, 0.2) is 11.5 Å². The molecule has 0 unspecified atom stereocenters. The van der Waals surface area contributed by atoms with E-state index in [-0.39, 0.29) is 12.7 Å². The Bertz CT molecular complexity index is 1470. The van der Waals surface area contributed by atoms with E-state index in [4.69, 9.17) is 14.5 Å². The molecule has 34 heavy (non-hydrogen) atoms. The molecule has 4 aromatic rings. The largest absolute Gasteiger partial charge is 0.454 e. The molecule has 1 aliphatic heterocycles. The molecule has 0 saturated carbocycles. The Labute approximate surface area is 201 Å². The molecule has 0 saturated heterocycles. The molecule has 1 aliphatic carbocycles. The van der Waals surface area contributed by atoms with E-state index < -0.39 is 0 Å². The fourth-order valence-corrected chi connectivity index (χ4v) is 5.55. The second-order valence-corrected chi connectivity index (χ2v) is 9.94. The molecule has 6 nitrogen and oxygen atoms in total. The Morgan fingerprint density at radius 3 is 2.85 bits per heavy atom. The molecule has 1 amide bonds. The predicted octanol–water partition coefficient (Wildman–Crippen LogP) is 5.49. The number of hydrogen-bond donors (Lipinski definition) is 0. The summed E-state index contributed by atoms with van der Waals surface area (Å²) in [7, 11) is 1.86. The fourth-order valence-electron chi connectivity index (χ4n) is 4.70. The van der Waals surface area contributed by atoms with E-state index in [0.717, 1.165) is 73.1 Å². The van der Waals surface area contributed by atoms with E-state index in [0.29, 0.717) is 6.54 Å². The maximum atomic E-state index is 13.8. The molecule has 0 spiro atoms. The van der Waals surface area contributed by atoms with Crippen molar-refractivity contribution >= 4 is 39.8 Å². The van der Waals surface area contributed by atoms with Crippen LogP contribution in [0.25, 0.3) is 22.6 Å². The number of carbonyl (C=O) groups is 1. The maximum Gasteiger partial charge on any atom is 0.254 e. The van der Waals surface area contributed by atoms with Crippen LogP contribution < -0.4 is 9.47 Å². The first-order valence-corrected chi connectivity index (χ1v) is 12.1.